The molecule has 0 unspecified atom stereocenters. The number of rotatable bonds is 4. The number of amides is 4. The molecule has 0 atom stereocenters. The number of benzene rings is 2. The molecule has 0 radical (unpaired) electrons. The van der Waals surface area contributed by atoms with E-state index in [0.717, 1.165) is 22.2 Å². The lowest BCUT2D eigenvalue weighted by molar-refractivity contribution is -0.117. The van der Waals surface area contributed by atoms with Gasteiger partial charge in [0.25, 0.3) is 5.91 Å². The van der Waals surface area contributed by atoms with E-state index in [1.165, 1.54) is 0 Å². The molecule has 27 heavy (non-hydrogen) atoms. The molecule has 134 valence electrons. The normalized spacial score (nSPS) is 15.0. The number of carbonyl (C=O) groups excluding carboxylic acids is 3. The fourth-order valence-corrected chi connectivity index (χ4v) is 3.04. The quantitative estimate of drug-likeness (QED) is 0.493. The third-order valence-electron chi connectivity index (χ3n) is 4.21. The summed E-state index contributed by atoms with van der Waals surface area (Å²) in [5.41, 5.74) is 2.51. The molecule has 4 rings (SSSR count). The molecule has 2 aromatic carbocycles. The predicted molar refractivity (Wildman–Crippen MR) is 102 cm³/mol. The maximum Gasteiger partial charge on any atom is 0.326 e. The van der Waals surface area contributed by atoms with Gasteiger partial charge in [-0.05, 0) is 24.3 Å². The molecule has 7 nitrogen and oxygen atoms in total. The van der Waals surface area contributed by atoms with E-state index in [4.69, 9.17) is 0 Å². The number of nitrogens with zero attached hydrogens (tertiary/aromatic N) is 1. The summed E-state index contributed by atoms with van der Waals surface area (Å²) in [5.74, 6) is -0.633. The van der Waals surface area contributed by atoms with Crippen LogP contribution in [0.15, 0.2) is 66.5 Å². The van der Waals surface area contributed by atoms with Gasteiger partial charge >= 0.3 is 6.03 Å². The Labute approximate surface area is 154 Å². The molecule has 0 aliphatic carbocycles. The minimum atomic E-state index is -0.544. The molecule has 1 aromatic heterocycles. The first-order chi connectivity index (χ1) is 13.1. The molecular formula is C20H16N4O3. The van der Waals surface area contributed by atoms with Crippen molar-refractivity contribution in [3.63, 3.8) is 0 Å². The van der Waals surface area contributed by atoms with E-state index in [1.54, 1.807) is 12.3 Å². The molecule has 4 amide bonds. The highest BCUT2D eigenvalue weighted by atomic mass is 16.2. The van der Waals surface area contributed by atoms with Crippen LogP contribution in [0, 0.1) is 0 Å². The summed E-state index contributed by atoms with van der Waals surface area (Å²) < 4.78 is 1.81. The van der Waals surface area contributed by atoms with Crippen LogP contribution in [-0.2, 0) is 16.1 Å². The van der Waals surface area contributed by atoms with Crippen LogP contribution in [0.1, 0.15) is 5.56 Å². The molecule has 1 fully saturated rings. The Balaban J connectivity index is 1.64. The lowest BCUT2D eigenvalue weighted by Crippen LogP contribution is -2.22. The largest absolute Gasteiger partial charge is 0.337 e. The van der Waals surface area contributed by atoms with Crippen LogP contribution in [0.25, 0.3) is 17.0 Å². The van der Waals surface area contributed by atoms with E-state index < -0.39 is 11.9 Å². The molecule has 1 aliphatic heterocycles. The third-order valence-corrected chi connectivity index (χ3v) is 4.21. The topological polar surface area (TPSA) is 92.2 Å². The average molecular weight is 360 g/mol. The second-order valence-corrected chi connectivity index (χ2v) is 6.11. The van der Waals surface area contributed by atoms with Crippen molar-refractivity contribution in [1.82, 2.24) is 15.2 Å². The van der Waals surface area contributed by atoms with Crippen molar-refractivity contribution in [2.24, 2.45) is 0 Å². The molecule has 2 heterocycles. The van der Waals surface area contributed by atoms with Gasteiger partial charge < -0.3 is 15.2 Å². The summed E-state index contributed by atoms with van der Waals surface area (Å²) in [7, 11) is 0. The molecule has 3 N–H and O–H groups in total. The summed E-state index contributed by atoms with van der Waals surface area (Å²) in [6, 6.07) is 16.3. The van der Waals surface area contributed by atoms with Crippen molar-refractivity contribution in [3.8, 4) is 0 Å². The van der Waals surface area contributed by atoms with Gasteiger partial charge in [0.2, 0.25) is 5.91 Å². The van der Waals surface area contributed by atoms with Gasteiger partial charge in [0.1, 0.15) is 12.2 Å². The number of para-hydroxylation sites is 2. The minimum absolute atomic E-state index is 0.122. The maximum absolute atomic E-state index is 12.4. The molecule has 0 bridgehead atoms. The Morgan fingerprint density at radius 1 is 1.00 bits per heavy atom. The maximum atomic E-state index is 12.4. The first kappa shape index (κ1) is 16.6. The number of urea groups is 1. The standard InChI is InChI=1S/C20H16N4O3/c25-18(21-14-6-2-1-3-7-14)12-24-11-13(15-8-4-5-9-17(15)24)10-16-19(26)23-20(27)22-16/h1-11H,12H2,(H,21,25)(H2,22,23,26,27)/b16-10-. The molecule has 3 aromatic rings. The van der Waals surface area contributed by atoms with Crippen LogP contribution < -0.4 is 16.0 Å². The lowest BCUT2D eigenvalue weighted by atomic mass is 10.1. The summed E-state index contributed by atoms with van der Waals surface area (Å²) in [5, 5.41) is 8.38. The number of imide groups is 1. The van der Waals surface area contributed by atoms with Gasteiger partial charge in [-0.2, -0.15) is 0 Å². The van der Waals surface area contributed by atoms with Crippen LogP contribution in [0.5, 0.6) is 0 Å². The van der Waals surface area contributed by atoms with Gasteiger partial charge in [0.05, 0.1) is 0 Å². The minimum Gasteiger partial charge on any atom is -0.337 e. The SMILES string of the molecule is O=C(Cn1cc(/C=C2\NC(=O)NC2=O)c2ccccc21)Nc1ccccc1. The number of carbonyl (C=O) groups is 3. The number of anilines is 1. The zero-order chi connectivity index (χ0) is 18.8. The molecular weight excluding hydrogens is 344 g/mol. The smallest absolute Gasteiger partial charge is 0.326 e. The number of hydrogen-bond donors (Lipinski definition) is 3. The zero-order valence-corrected chi connectivity index (χ0v) is 14.2. The van der Waals surface area contributed by atoms with E-state index in [1.807, 2.05) is 59.2 Å². The number of nitrogens with one attached hydrogen (secondary N) is 3. The summed E-state index contributed by atoms with van der Waals surface area (Å²) in [6.45, 7) is 0.122. The van der Waals surface area contributed by atoms with Gasteiger partial charge in [-0.15, -0.1) is 0 Å². The number of aromatic nitrogens is 1. The van der Waals surface area contributed by atoms with Crippen molar-refractivity contribution in [1.29, 1.82) is 0 Å². The van der Waals surface area contributed by atoms with Gasteiger partial charge in [-0.3, -0.25) is 14.9 Å². The fraction of sp³-hybridized carbons (Fsp3) is 0.0500. The Bertz CT molecular complexity index is 1080. The summed E-state index contributed by atoms with van der Waals surface area (Å²) in [4.78, 5) is 35.5. The second-order valence-electron chi connectivity index (χ2n) is 6.11. The van der Waals surface area contributed by atoms with Crippen molar-refractivity contribution in [2.45, 2.75) is 6.54 Å². The van der Waals surface area contributed by atoms with Crippen molar-refractivity contribution >= 4 is 40.5 Å². The highest BCUT2D eigenvalue weighted by Gasteiger charge is 2.23. The van der Waals surface area contributed by atoms with E-state index in [9.17, 15) is 14.4 Å². The summed E-state index contributed by atoms with van der Waals surface area (Å²) >= 11 is 0. The van der Waals surface area contributed by atoms with Gasteiger partial charge in [-0.25, -0.2) is 4.79 Å². The highest BCUT2D eigenvalue weighted by Crippen LogP contribution is 2.24. The van der Waals surface area contributed by atoms with E-state index in [0.29, 0.717) is 0 Å². The molecule has 1 aliphatic rings. The predicted octanol–water partition coefficient (Wildman–Crippen LogP) is 2.46. The number of hydrogen-bond acceptors (Lipinski definition) is 3. The zero-order valence-electron chi connectivity index (χ0n) is 14.2. The molecule has 0 saturated carbocycles. The monoisotopic (exact) mass is 360 g/mol. The Hall–Kier alpha value is -3.87. The highest BCUT2D eigenvalue weighted by molar-refractivity contribution is 6.14. The first-order valence-corrected chi connectivity index (χ1v) is 8.37. The van der Waals surface area contributed by atoms with Crippen LogP contribution in [-0.4, -0.2) is 22.4 Å². The Kier molecular flexibility index (Phi) is 4.18. The second kappa shape index (κ2) is 6.80. The lowest BCUT2D eigenvalue weighted by Gasteiger charge is -2.07. The van der Waals surface area contributed by atoms with Crippen LogP contribution in [0.2, 0.25) is 0 Å². The van der Waals surface area contributed by atoms with Crippen molar-refractivity contribution < 1.29 is 14.4 Å². The first-order valence-electron chi connectivity index (χ1n) is 8.37. The van der Waals surface area contributed by atoms with Crippen LogP contribution in [0.4, 0.5) is 10.5 Å². The summed E-state index contributed by atoms with van der Waals surface area (Å²) in [6.07, 6.45) is 3.40. The average Bonchev–Trinajstić information content (AvgIpc) is 3.16. The molecule has 1 saturated heterocycles. The van der Waals surface area contributed by atoms with Crippen LogP contribution in [0.3, 0.4) is 0 Å². The molecule has 0 spiro atoms. The van der Waals surface area contributed by atoms with Gasteiger partial charge in [0, 0.05) is 28.4 Å². The fourth-order valence-electron chi connectivity index (χ4n) is 3.04. The van der Waals surface area contributed by atoms with E-state index in [2.05, 4.69) is 16.0 Å². The molecule has 7 heteroatoms. The van der Waals surface area contributed by atoms with E-state index >= 15 is 0 Å². The van der Waals surface area contributed by atoms with E-state index in [-0.39, 0.29) is 18.1 Å². The Morgan fingerprint density at radius 2 is 1.74 bits per heavy atom. The van der Waals surface area contributed by atoms with Crippen molar-refractivity contribution in [2.75, 3.05) is 5.32 Å². The van der Waals surface area contributed by atoms with Gasteiger partial charge in [-0.1, -0.05) is 36.4 Å². The van der Waals surface area contributed by atoms with Crippen molar-refractivity contribution in [3.05, 3.63) is 72.1 Å². The van der Waals surface area contributed by atoms with Crippen LogP contribution >= 0.6 is 0 Å². The van der Waals surface area contributed by atoms with Gasteiger partial charge in [0.15, 0.2) is 0 Å². The third kappa shape index (κ3) is 3.43. The number of fused-ring (bicyclic) bond motifs is 1. The Morgan fingerprint density at radius 3 is 2.48 bits per heavy atom.